The predicted molar refractivity (Wildman–Crippen MR) is 80.0 cm³/mol. The Morgan fingerprint density at radius 3 is 1.74 bits per heavy atom. The molecular weight excluding hydrogens is 240 g/mol. The highest BCUT2D eigenvalue weighted by atomic mass is 16.6. The maximum atomic E-state index is 10.1. The van der Waals surface area contributed by atoms with E-state index in [-0.39, 0.29) is 11.4 Å². The Balaban J connectivity index is 0.000000316. The average Bonchev–Trinajstić information content (AvgIpc) is 2.43. The minimum Gasteiger partial charge on any atom is -0.393 e. The van der Waals surface area contributed by atoms with Crippen molar-refractivity contribution in [2.24, 2.45) is 0 Å². The van der Waals surface area contributed by atoms with Crippen molar-refractivity contribution in [2.45, 2.75) is 20.8 Å². The van der Waals surface area contributed by atoms with Gasteiger partial charge in [0, 0.05) is 6.07 Å². The van der Waals surface area contributed by atoms with Crippen LogP contribution in [-0.4, -0.2) is 4.92 Å². The van der Waals surface area contributed by atoms with Crippen molar-refractivity contribution in [1.82, 2.24) is 0 Å². The van der Waals surface area contributed by atoms with Gasteiger partial charge in [0.2, 0.25) is 0 Å². The van der Waals surface area contributed by atoms with Crippen molar-refractivity contribution in [1.29, 1.82) is 0 Å². The van der Waals surface area contributed by atoms with Crippen molar-refractivity contribution >= 4 is 11.4 Å². The first-order valence-corrected chi connectivity index (χ1v) is 6.12. The van der Waals surface area contributed by atoms with Gasteiger partial charge >= 0.3 is 0 Å². The lowest BCUT2D eigenvalue weighted by atomic mass is 10.2. The average molecular weight is 260 g/mol. The summed E-state index contributed by atoms with van der Waals surface area (Å²) in [4.78, 5) is 9.64. The van der Waals surface area contributed by atoms with E-state index >= 15 is 0 Å². The van der Waals surface area contributed by atoms with Gasteiger partial charge in [-0.25, -0.2) is 0 Å². The number of rotatable bonds is 1. The topological polar surface area (TPSA) is 69.2 Å². The van der Waals surface area contributed by atoms with E-state index in [2.05, 4.69) is 19.1 Å². The Hall–Kier alpha value is -2.36. The quantitative estimate of drug-likeness (QED) is 0.474. The number of anilines is 1. The van der Waals surface area contributed by atoms with Crippen LogP contribution in [0.1, 0.15) is 19.4 Å². The van der Waals surface area contributed by atoms with Crippen LogP contribution in [0.3, 0.4) is 0 Å². The summed E-state index contributed by atoms with van der Waals surface area (Å²) in [5, 5.41) is 10.1. The Kier molecular flexibility index (Phi) is 8.45. The van der Waals surface area contributed by atoms with E-state index in [9.17, 15) is 10.1 Å². The third-order valence-corrected chi connectivity index (χ3v) is 2.07. The third kappa shape index (κ3) is 6.83. The van der Waals surface area contributed by atoms with Gasteiger partial charge in [-0.3, -0.25) is 10.1 Å². The number of hydrogen-bond acceptors (Lipinski definition) is 3. The number of nitro benzene ring substituents is 1. The number of benzene rings is 2. The molecule has 0 spiro atoms. The van der Waals surface area contributed by atoms with Gasteiger partial charge in [-0.15, -0.1) is 0 Å². The number of aryl methyl sites for hydroxylation is 1. The smallest absolute Gasteiger partial charge is 0.292 e. The van der Waals surface area contributed by atoms with E-state index in [0.717, 1.165) is 0 Å². The van der Waals surface area contributed by atoms with Gasteiger partial charge in [-0.2, -0.15) is 0 Å². The Bertz CT molecular complexity index is 485. The predicted octanol–water partition coefficient (Wildman–Crippen LogP) is 4.20. The first-order chi connectivity index (χ1) is 9.11. The van der Waals surface area contributed by atoms with Crippen molar-refractivity contribution in [3.05, 3.63) is 70.3 Å². The van der Waals surface area contributed by atoms with Gasteiger partial charge < -0.3 is 5.73 Å². The maximum Gasteiger partial charge on any atom is 0.292 e. The standard InChI is InChI=1S/C7H8.C6H6N2O2.C2H6/c1-7-5-3-2-4-6-7;7-5-3-1-2-4-6(5)8(9)10;1-2/h2-6H,1H3;1-4H,7H2;1-2H3. The van der Waals surface area contributed by atoms with E-state index in [1.807, 2.05) is 32.0 Å². The second kappa shape index (κ2) is 9.65. The minimum atomic E-state index is -0.505. The largest absolute Gasteiger partial charge is 0.393 e. The second-order valence-electron chi connectivity index (χ2n) is 3.47. The summed E-state index contributed by atoms with van der Waals surface area (Å²) < 4.78 is 0. The molecule has 0 fully saturated rings. The van der Waals surface area contributed by atoms with Gasteiger partial charge in [-0.1, -0.05) is 61.9 Å². The maximum absolute atomic E-state index is 10.1. The molecule has 0 aliphatic heterocycles. The SMILES string of the molecule is CC.Cc1ccccc1.Nc1ccccc1[N+](=O)[O-]. The van der Waals surface area contributed by atoms with Crippen molar-refractivity contribution in [3.8, 4) is 0 Å². The van der Waals surface area contributed by atoms with E-state index in [1.165, 1.54) is 17.7 Å². The molecule has 2 aromatic carbocycles. The zero-order valence-corrected chi connectivity index (χ0v) is 11.5. The first-order valence-electron chi connectivity index (χ1n) is 6.12. The van der Waals surface area contributed by atoms with Crippen LogP contribution in [0.4, 0.5) is 11.4 Å². The van der Waals surface area contributed by atoms with Gasteiger partial charge in [0.1, 0.15) is 5.69 Å². The normalized spacial score (nSPS) is 8.37. The fraction of sp³-hybridized carbons (Fsp3) is 0.200. The molecule has 4 nitrogen and oxygen atoms in total. The summed E-state index contributed by atoms with van der Waals surface area (Å²) in [6, 6.07) is 16.4. The van der Waals surface area contributed by atoms with Crippen molar-refractivity contribution in [3.63, 3.8) is 0 Å². The summed E-state index contributed by atoms with van der Waals surface area (Å²) in [5.41, 5.74) is 6.76. The second-order valence-corrected chi connectivity index (χ2v) is 3.47. The number of nitrogen functional groups attached to an aromatic ring is 1. The Morgan fingerprint density at radius 1 is 0.947 bits per heavy atom. The zero-order valence-electron chi connectivity index (χ0n) is 11.5. The molecule has 102 valence electrons. The molecule has 2 N–H and O–H groups in total. The van der Waals surface area contributed by atoms with Crippen LogP contribution in [0.2, 0.25) is 0 Å². The third-order valence-electron chi connectivity index (χ3n) is 2.07. The molecule has 0 unspecified atom stereocenters. The molecule has 0 aliphatic carbocycles. The number of nitrogens with zero attached hydrogens (tertiary/aromatic N) is 1. The van der Waals surface area contributed by atoms with E-state index < -0.39 is 4.92 Å². The number of hydrogen-bond donors (Lipinski definition) is 1. The van der Waals surface area contributed by atoms with Crippen LogP contribution < -0.4 is 5.73 Å². The highest BCUT2D eigenvalue weighted by molar-refractivity contribution is 5.57. The van der Waals surface area contributed by atoms with E-state index in [1.54, 1.807) is 12.1 Å². The Morgan fingerprint density at radius 2 is 1.42 bits per heavy atom. The number of nitro groups is 1. The molecule has 0 saturated heterocycles. The van der Waals surface area contributed by atoms with Crippen LogP contribution in [0.15, 0.2) is 54.6 Å². The summed E-state index contributed by atoms with van der Waals surface area (Å²) in [5.74, 6) is 0. The zero-order chi connectivity index (χ0) is 14.7. The summed E-state index contributed by atoms with van der Waals surface area (Å²) in [6.45, 7) is 6.08. The molecule has 19 heavy (non-hydrogen) atoms. The van der Waals surface area contributed by atoms with Crippen LogP contribution >= 0.6 is 0 Å². The minimum absolute atomic E-state index is 0.0394. The van der Waals surface area contributed by atoms with Gasteiger partial charge in [0.15, 0.2) is 0 Å². The fourth-order valence-electron chi connectivity index (χ4n) is 1.19. The lowest BCUT2D eigenvalue weighted by molar-refractivity contribution is -0.383. The molecule has 2 aromatic rings. The molecule has 0 bridgehead atoms. The van der Waals surface area contributed by atoms with E-state index in [4.69, 9.17) is 5.73 Å². The van der Waals surface area contributed by atoms with Gasteiger partial charge in [-0.05, 0) is 13.0 Å². The van der Waals surface area contributed by atoms with Crippen LogP contribution in [0.25, 0.3) is 0 Å². The van der Waals surface area contributed by atoms with Crippen molar-refractivity contribution in [2.75, 3.05) is 5.73 Å². The molecule has 0 aliphatic rings. The number of para-hydroxylation sites is 2. The van der Waals surface area contributed by atoms with Crippen LogP contribution in [-0.2, 0) is 0 Å². The fourth-order valence-corrected chi connectivity index (χ4v) is 1.19. The first kappa shape index (κ1) is 16.6. The molecule has 0 atom stereocenters. The number of nitrogens with two attached hydrogens (primary N) is 1. The molecule has 2 rings (SSSR count). The van der Waals surface area contributed by atoms with Crippen LogP contribution in [0, 0.1) is 17.0 Å². The molecule has 0 aromatic heterocycles. The highest BCUT2D eigenvalue weighted by Gasteiger charge is 2.07. The monoisotopic (exact) mass is 260 g/mol. The summed E-state index contributed by atoms with van der Waals surface area (Å²) in [7, 11) is 0. The van der Waals surface area contributed by atoms with Gasteiger partial charge in [0.25, 0.3) is 5.69 Å². The Labute approximate surface area is 114 Å². The highest BCUT2D eigenvalue weighted by Crippen LogP contribution is 2.18. The molecular formula is C15H20N2O2. The molecule has 0 heterocycles. The van der Waals surface area contributed by atoms with Crippen molar-refractivity contribution < 1.29 is 4.92 Å². The molecule has 0 radical (unpaired) electrons. The summed E-state index contributed by atoms with van der Waals surface area (Å²) >= 11 is 0. The lowest BCUT2D eigenvalue weighted by Crippen LogP contribution is -1.93. The molecule has 0 saturated carbocycles. The van der Waals surface area contributed by atoms with E-state index in [0.29, 0.717) is 0 Å². The lowest BCUT2D eigenvalue weighted by Gasteiger charge is -1.92. The van der Waals surface area contributed by atoms with Gasteiger partial charge in [0.05, 0.1) is 4.92 Å². The molecule has 0 amide bonds. The summed E-state index contributed by atoms with van der Waals surface area (Å²) in [6.07, 6.45) is 0. The molecule has 4 heteroatoms. The van der Waals surface area contributed by atoms with Crippen LogP contribution in [0.5, 0.6) is 0 Å².